The molecule has 0 aromatic heterocycles. The Morgan fingerprint density at radius 3 is 1.62 bits per heavy atom. The zero-order chi connectivity index (χ0) is 5.54. The van der Waals surface area contributed by atoms with Gasteiger partial charge in [-0.15, -0.1) is 0 Å². The molecule has 0 spiro atoms. The molecule has 0 amide bonds. The van der Waals surface area contributed by atoms with Gasteiger partial charge in [-0.05, 0) is 6.42 Å². The standard InChI is InChI=1S/C5H6N2.Li/c6-4-2-1-3-5-7;/h1-3H2;. The minimum Gasteiger partial charge on any atom is -0.198 e. The van der Waals surface area contributed by atoms with Crippen LogP contribution in [0.25, 0.3) is 0 Å². The summed E-state index contributed by atoms with van der Waals surface area (Å²) in [5, 5.41) is 15.9. The van der Waals surface area contributed by atoms with Crippen molar-refractivity contribution < 1.29 is 0 Å². The van der Waals surface area contributed by atoms with Crippen LogP contribution >= 0.6 is 0 Å². The van der Waals surface area contributed by atoms with Gasteiger partial charge in [0.15, 0.2) is 0 Å². The van der Waals surface area contributed by atoms with E-state index in [-0.39, 0.29) is 18.9 Å². The molecule has 0 saturated carbocycles. The van der Waals surface area contributed by atoms with Crippen molar-refractivity contribution in [1.29, 1.82) is 10.5 Å². The summed E-state index contributed by atoms with van der Waals surface area (Å²) in [6, 6.07) is 3.90. The third kappa shape index (κ3) is 9.13. The normalized spacial score (nSPS) is 5.75. The van der Waals surface area contributed by atoms with Crippen molar-refractivity contribution in [3.05, 3.63) is 0 Å². The van der Waals surface area contributed by atoms with Crippen molar-refractivity contribution in [3.8, 4) is 12.1 Å². The number of nitrogens with zero attached hydrogens (tertiary/aromatic N) is 2. The summed E-state index contributed by atoms with van der Waals surface area (Å²) in [5.74, 6) is 0. The van der Waals surface area contributed by atoms with Gasteiger partial charge in [0.25, 0.3) is 0 Å². The molecule has 0 fully saturated rings. The van der Waals surface area contributed by atoms with Crippen LogP contribution < -0.4 is 0 Å². The first-order chi connectivity index (χ1) is 3.41. The van der Waals surface area contributed by atoms with Crippen LogP contribution in [0.5, 0.6) is 0 Å². The van der Waals surface area contributed by atoms with E-state index >= 15 is 0 Å². The van der Waals surface area contributed by atoms with E-state index in [0.717, 1.165) is 0 Å². The number of nitriles is 2. The van der Waals surface area contributed by atoms with E-state index in [0.29, 0.717) is 19.3 Å². The zero-order valence-corrected chi connectivity index (χ0v) is 5.02. The van der Waals surface area contributed by atoms with Crippen molar-refractivity contribution in [1.82, 2.24) is 0 Å². The molecule has 0 aliphatic heterocycles. The zero-order valence-electron chi connectivity index (χ0n) is 5.02. The van der Waals surface area contributed by atoms with Crippen LogP contribution in [0, 0.1) is 22.7 Å². The van der Waals surface area contributed by atoms with Crippen molar-refractivity contribution in [2.75, 3.05) is 0 Å². The van der Waals surface area contributed by atoms with Gasteiger partial charge in [-0.1, -0.05) is 0 Å². The molecule has 1 radical (unpaired) electrons. The summed E-state index contributed by atoms with van der Waals surface area (Å²) < 4.78 is 0. The number of unbranched alkanes of at least 4 members (excludes halogenated alkanes) is 2. The molecular formula is C5H6LiN2. The van der Waals surface area contributed by atoms with Gasteiger partial charge >= 0.3 is 0 Å². The third-order valence-corrected chi connectivity index (χ3v) is 0.577. The van der Waals surface area contributed by atoms with E-state index < -0.39 is 0 Å². The largest absolute Gasteiger partial charge is 0.198 e. The summed E-state index contributed by atoms with van der Waals surface area (Å²) in [7, 11) is 0. The first-order valence-electron chi connectivity index (χ1n) is 2.15. The Hall–Kier alpha value is -0.423. The molecule has 0 unspecified atom stereocenters. The molecule has 37 valence electrons. The third-order valence-electron chi connectivity index (χ3n) is 0.577. The number of hydrogen-bond acceptors (Lipinski definition) is 2. The van der Waals surface area contributed by atoms with Gasteiger partial charge < -0.3 is 0 Å². The molecule has 8 heavy (non-hydrogen) atoms. The quantitative estimate of drug-likeness (QED) is 0.382. The van der Waals surface area contributed by atoms with Gasteiger partial charge in [-0.2, -0.15) is 10.5 Å². The Morgan fingerprint density at radius 1 is 1.00 bits per heavy atom. The topological polar surface area (TPSA) is 47.6 Å². The van der Waals surface area contributed by atoms with Crippen LogP contribution in [-0.4, -0.2) is 18.9 Å². The number of hydrogen-bond donors (Lipinski definition) is 0. The molecule has 0 aromatic carbocycles. The first kappa shape index (κ1) is 10.5. The average Bonchev–Trinajstić information content (AvgIpc) is 1.69. The fourth-order valence-corrected chi connectivity index (χ4v) is 0.247. The molecule has 0 atom stereocenters. The van der Waals surface area contributed by atoms with Crippen molar-refractivity contribution in [3.63, 3.8) is 0 Å². The van der Waals surface area contributed by atoms with Crippen LogP contribution in [-0.2, 0) is 0 Å². The monoisotopic (exact) mass is 101 g/mol. The molecule has 0 aliphatic carbocycles. The van der Waals surface area contributed by atoms with Gasteiger partial charge in [0, 0.05) is 31.7 Å². The first-order valence-corrected chi connectivity index (χ1v) is 2.15. The SMILES string of the molecule is N#CCCCC#N.[Li]. The summed E-state index contributed by atoms with van der Waals surface area (Å²) in [6.07, 6.45) is 1.73. The second-order valence-electron chi connectivity index (χ2n) is 1.17. The minimum absolute atomic E-state index is 0. The van der Waals surface area contributed by atoms with E-state index in [1.54, 1.807) is 0 Å². The molecule has 0 N–H and O–H groups in total. The summed E-state index contributed by atoms with van der Waals surface area (Å²) >= 11 is 0. The van der Waals surface area contributed by atoms with Crippen LogP contribution in [0.4, 0.5) is 0 Å². The molecule has 2 nitrogen and oxygen atoms in total. The fourth-order valence-electron chi connectivity index (χ4n) is 0.247. The maximum absolute atomic E-state index is 7.93. The molecule has 0 aromatic rings. The molecule has 0 rings (SSSR count). The predicted octanol–water partition coefficient (Wildman–Crippen LogP) is 0.823. The Morgan fingerprint density at radius 2 is 1.38 bits per heavy atom. The van der Waals surface area contributed by atoms with Gasteiger partial charge in [0.05, 0.1) is 12.1 Å². The van der Waals surface area contributed by atoms with Crippen molar-refractivity contribution in [2.24, 2.45) is 0 Å². The Bertz CT molecular complexity index is 94.6. The van der Waals surface area contributed by atoms with Crippen LogP contribution in [0.2, 0.25) is 0 Å². The van der Waals surface area contributed by atoms with E-state index in [1.165, 1.54) is 0 Å². The average molecular weight is 101 g/mol. The van der Waals surface area contributed by atoms with Crippen LogP contribution in [0.3, 0.4) is 0 Å². The van der Waals surface area contributed by atoms with Gasteiger partial charge in [0.1, 0.15) is 0 Å². The molecule has 3 heteroatoms. The van der Waals surface area contributed by atoms with Gasteiger partial charge in [-0.3, -0.25) is 0 Å². The summed E-state index contributed by atoms with van der Waals surface area (Å²) in [4.78, 5) is 0. The molecule has 0 bridgehead atoms. The second kappa shape index (κ2) is 9.77. The van der Waals surface area contributed by atoms with E-state index in [1.807, 2.05) is 12.1 Å². The van der Waals surface area contributed by atoms with E-state index in [9.17, 15) is 0 Å². The van der Waals surface area contributed by atoms with Gasteiger partial charge in [-0.25, -0.2) is 0 Å². The van der Waals surface area contributed by atoms with Crippen LogP contribution in [0.1, 0.15) is 19.3 Å². The second-order valence-corrected chi connectivity index (χ2v) is 1.17. The fraction of sp³-hybridized carbons (Fsp3) is 0.600. The van der Waals surface area contributed by atoms with Crippen molar-refractivity contribution in [2.45, 2.75) is 19.3 Å². The van der Waals surface area contributed by atoms with Crippen molar-refractivity contribution >= 4 is 18.9 Å². The van der Waals surface area contributed by atoms with E-state index in [4.69, 9.17) is 10.5 Å². The molecular weight excluding hydrogens is 95.0 g/mol. The minimum atomic E-state index is 0. The Labute approximate surface area is 61.3 Å². The molecule has 0 saturated heterocycles. The predicted molar refractivity (Wildman–Crippen MR) is 30.8 cm³/mol. The molecule has 0 aliphatic rings. The maximum atomic E-state index is 7.93. The van der Waals surface area contributed by atoms with E-state index in [2.05, 4.69) is 0 Å². The van der Waals surface area contributed by atoms with Gasteiger partial charge in [0.2, 0.25) is 0 Å². The Balaban J connectivity index is 0. The summed E-state index contributed by atoms with van der Waals surface area (Å²) in [6.45, 7) is 0. The Kier molecular flexibility index (Phi) is 12.9. The maximum Gasteiger partial charge on any atom is 0.0622 e. The molecule has 0 heterocycles. The smallest absolute Gasteiger partial charge is 0.0622 e. The summed E-state index contributed by atoms with van der Waals surface area (Å²) in [5.41, 5.74) is 0. The number of rotatable bonds is 2. The van der Waals surface area contributed by atoms with Crippen LogP contribution in [0.15, 0.2) is 0 Å².